The van der Waals surface area contributed by atoms with Crippen LogP contribution in [0.5, 0.6) is 0 Å². The van der Waals surface area contributed by atoms with E-state index in [4.69, 9.17) is 9.52 Å². The molecule has 1 unspecified atom stereocenters. The Hall–Kier alpha value is -0.800. The highest BCUT2D eigenvalue weighted by atomic mass is 16.3. The summed E-state index contributed by atoms with van der Waals surface area (Å²) in [6, 6.07) is 2.44. The van der Waals surface area contributed by atoms with E-state index >= 15 is 0 Å². The van der Waals surface area contributed by atoms with Gasteiger partial charge in [0, 0.05) is 12.1 Å². The van der Waals surface area contributed by atoms with Crippen LogP contribution in [0.15, 0.2) is 23.0 Å². The van der Waals surface area contributed by atoms with Crippen LogP contribution < -0.4 is 5.32 Å². The van der Waals surface area contributed by atoms with Gasteiger partial charge in [0.1, 0.15) is 0 Å². The monoisotopic (exact) mass is 183 g/mol. The third-order valence-electron chi connectivity index (χ3n) is 1.85. The standard InChI is InChI=1S/C10H17NO2/c1-8(2)11-10(6-12)5-9-3-4-13-7-9/h3-4,7-8,10-12H,5-6H2,1-2H3. The minimum absolute atomic E-state index is 0.123. The van der Waals surface area contributed by atoms with Crippen LogP contribution in [0.3, 0.4) is 0 Å². The van der Waals surface area contributed by atoms with Gasteiger partial charge < -0.3 is 14.8 Å². The summed E-state index contributed by atoms with van der Waals surface area (Å²) in [7, 11) is 0. The van der Waals surface area contributed by atoms with Crippen LogP contribution in [0.4, 0.5) is 0 Å². The molecule has 0 aliphatic heterocycles. The van der Waals surface area contributed by atoms with Crippen LogP contribution in [0.1, 0.15) is 19.4 Å². The Balaban J connectivity index is 2.40. The van der Waals surface area contributed by atoms with E-state index in [1.807, 2.05) is 6.07 Å². The summed E-state index contributed by atoms with van der Waals surface area (Å²) in [5.41, 5.74) is 1.12. The number of furan rings is 1. The van der Waals surface area contributed by atoms with Crippen LogP contribution in [0.25, 0.3) is 0 Å². The van der Waals surface area contributed by atoms with E-state index in [2.05, 4.69) is 19.2 Å². The summed E-state index contributed by atoms with van der Waals surface area (Å²) >= 11 is 0. The average Bonchev–Trinajstić information content (AvgIpc) is 2.55. The van der Waals surface area contributed by atoms with Crippen LogP contribution in [0.2, 0.25) is 0 Å². The molecule has 0 aliphatic carbocycles. The Bertz CT molecular complexity index is 219. The van der Waals surface area contributed by atoms with Gasteiger partial charge in [-0.05, 0) is 18.1 Å². The molecule has 1 aromatic heterocycles. The van der Waals surface area contributed by atoms with Crippen molar-refractivity contribution < 1.29 is 9.52 Å². The molecule has 0 fully saturated rings. The first-order valence-corrected chi connectivity index (χ1v) is 4.60. The van der Waals surface area contributed by atoms with Gasteiger partial charge in [0.2, 0.25) is 0 Å². The molecule has 3 nitrogen and oxygen atoms in total. The fourth-order valence-electron chi connectivity index (χ4n) is 1.34. The minimum atomic E-state index is 0.123. The smallest absolute Gasteiger partial charge is 0.0935 e. The maximum atomic E-state index is 9.08. The van der Waals surface area contributed by atoms with Crippen LogP contribution in [-0.4, -0.2) is 23.8 Å². The lowest BCUT2D eigenvalue weighted by Gasteiger charge is -2.17. The molecule has 1 aromatic rings. The molecular weight excluding hydrogens is 166 g/mol. The van der Waals surface area contributed by atoms with Gasteiger partial charge in [0.05, 0.1) is 19.1 Å². The second kappa shape index (κ2) is 5.04. The first-order valence-electron chi connectivity index (χ1n) is 4.60. The van der Waals surface area contributed by atoms with E-state index in [0.717, 1.165) is 12.0 Å². The number of aliphatic hydroxyl groups excluding tert-OH is 1. The Kier molecular flexibility index (Phi) is 3.99. The second-order valence-electron chi connectivity index (χ2n) is 3.54. The predicted octanol–water partition coefficient (Wildman–Crippen LogP) is 1.18. The van der Waals surface area contributed by atoms with Gasteiger partial charge in [-0.2, -0.15) is 0 Å². The fraction of sp³-hybridized carbons (Fsp3) is 0.600. The summed E-state index contributed by atoms with van der Waals surface area (Å²) in [6.07, 6.45) is 4.18. The van der Waals surface area contributed by atoms with E-state index in [1.165, 1.54) is 0 Å². The van der Waals surface area contributed by atoms with Gasteiger partial charge in [0.15, 0.2) is 0 Å². The summed E-state index contributed by atoms with van der Waals surface area (Å²) in [5.74, 6) is 0. The highest BCUT2D eigenvalue weighted by molar-refractivity contribution is 5.07. The van der Waals surface area contributed by atoms with Gasteiger partial charge >= 0.3 is 0 Å². The quantitative estimate of drug-likeness (QED) is 0.720. The Morgan fingerprint density at radius 2 is 2.31 bits per heavy atom. The van der Waals surface area contributed by atoms with E-state index < -0.39 is 0 Å². The van der Waals surface area contributed by atoms with Crippen molar-refractivity contribution in [3.63, 3.8) is 0 Å². The van der Waals surface area contributed by atoms with Crippen LogP contribution >= 0.6 is 0 Å². The molecule has 0 aromatic carbocycles. The SMILES string of the molecule is CC(C)NC(CO)Cc1ccoc1. The summed E-state index contributed by atoms with van der Waals surface area (Å²) in [5, 5.41) is 12.4. The third-order valence-corrected chi connectivity index (χ3v) is 1.85. The maximum absolute atomic E-state index is 9.08. The van der Waals surface area contributed by atoms with Crippen molar-refractivity contribution in [2.45, 2.75) is 32.4 Å². The molecule has 1 heterocycles. The molecule has 13 heavy (non-hydrogen) atoms. The molecule has 0 spiro atoms. The molecular formula is C10H17NO2. The zero-order chi connectivity index (χ0) is 9.68. The molecule has 0 aliphatic rings. The first kappa shape index (κ1) is 10.3. The van der Waals surface area contributed by atoms with Crippen molar-refractivity contribution >= 4 is 0 Å². The van der Waals surface area contributed by atoms with E-state index in [-0.39, 0.29) is 12.6 Å². The van der Waals surface area contributed by atoms with Crippen LogP contribution in [0, 0.1) is 0 Å². The summed E-state index contributed by atoms with van der Waals surface area (Å²) in [6.45, 7) is 4.29. The Morgan fingerprint density at radius 3 is 2.77 bits per heavy atom. The molecule has 3 heteroatoms. The van der Waals surface area contributed by atoms with Gasteiger partial charge in [0.25, 0.3) is 0 Å². The molecule has 1 rings (SSSR count). The molecule has 0 saturated carbocycles. The highest BCUT2D eigenvalue weighted by Crippen LogP contribution is 2.04. The van der Waals surface area contributed by atoms with Crippen molar-refractivity contribution in [3.8, 4) is 0 Å². The Labute approximate surface area is 78.8 Å². The molecule has 1 atom stereocenters. The lowest BCUT2D eigenvalue weighted by atomic mass is 10.1. The van der Waals surface area contributed by atoms with Crippen molar-refractivity contribution in [3.05, 3.63) is 24.2 Å². The van der Waals surface area contributed by atoms with Gasteiger partial charge in [-0.25, -0.2) is 0 Å². The first-order chi connectivity index (χ1) is 6.22. The highest BCUT2D eigenvalue weighted by Gasteiger charge is 2.09. The number of hydrogen-bond acceptors (Lipinski definition) is 3. The number of hydrogen-bond donors (Lipinski definition) is 2. The van der Waals surface area contributed by atoms with E-state index in [0.29, 0.717) is 6.04 Å². The molecule has 0 radical (unpaired) electrons. The van der Waals surface area contributed by atoms with E-state index in [1.54, 1.807) is 12.5 Å². The van der Waals surface area contributed by atoms with Crippen LogP contribution in [-0.2, 0) is 6.42 Å². The number of rotatable bonds is 5. The molecule has 0 bridgehead atoms. The molecule has 0 saturated heterocycles. The van der Waals surface area contributed by atoms with Gasteiger partial charge in [-0.1, -0.05) is 13.8 Å². The van der Waals surface area contributed by atoms with Gasteiger partial charge in [-0.3, -0.25) is 0 Å². The minimum Gasteiger partial charge on any atom is -0.472 e. The number of nitrogens with one attached hydrogen (secondary N) is 1. The molecule has 2 N–H and O–H groups in total. The molecule has 74 valence electrons. The topological polar surface area (TPSA) is 45.4 Å². The van der Waals surface area contributed by atoms with Gasteiger partial charge in [-0.15, -0.1) is 0 Å². The maximum Gasteiger partial charge on any atom is 0.0935 e. The summed E-state index contributed by atoms with van der Waals surface area (Å²) in [4.78, 5) is 0. The van der Waals surface area contributed by atoms with Crippen molar-refractivity contribution in [2.24, 2.45) is 0 Å². The number of aliphatic hydroxyl groups is 1. The van der Waals surface area contributed by atoms with Crippen molar-refractivity contribution in [1.82, 2.24) is 5.32 Å². The normalized spacial score (nSPS) is 13.5. The average molecular weight is 183 g/mol. The van der Waals surface area contributed by atoms with Crippen molar-refractivity contribution in [1.29, 1.82) is 0 Å². The lowest BCUT2D eigenvalue weighted by Crippen LogP contribution is -2.38. The Morgan fingerprint density at radius 1 is 1.54 bits per heavy atom. The second-order valence-corrected chi connectivity index (χ2v) is 3.54. The largest absolute Gasteiger partial charge is 0.472 e. The predicted molar refractivity (Wildman–Crippen MR) is 51.6 cm³/mol. The fourth-order valence-corrected chi connectivity index (χ4v) is 1.34. The van der Waals surface area contributed by atoms with E-state index in [9.17, 15) is 0 Å². The lowest BCUT2D eigenvalue weighted by molar-refractivity contribution is 0.234. The third kappa shape index (κ3) is 3.61. The molecule has 0 amide bonds. The zero-order valence-corrected chi connectivity index (χ0v) is 8.16. The van der Waals surface area contributed by atoms with Crippen molar-refractivity contribution in [2.75, 3.05) is 6.61 Å². The zero-order valence-electron chi connectivity index (χ0n) is 8.16. The summed E-state index contributed by atoms with van der Waals surface area (Å²) < 4.78 is 4.96.